The van der Waals surface area contributed by atoms with Gasteiger partial charge in [0.25, 0.3) is 11.6 Å². The summed E-state index contributed by atoms with van der Waals surface area (Å²) in [5, 5.41) is 20.2. The molecular formula is C14H14N2O7. The minimum atomic E-state index is -1.43. The Morgan fingerprint density at radius 2 is 2.26 bits per heavy atom. The number of rotatable bonds is 4. The predicted octanol–water partition coefficient (Wildman–Crippen LogP) is 1.05. The third-order valence-electron chi connectivity index (χ3n) is 3.91. The van der Waals surface area contributed by atoms with E-state index >= 15 is 0 Å². The number of benzene rings is 1. The van der Waals surface area contributed by atoms with Gasteiger partial charge in [0.1, 0.15) is 5.56 Å². The molecule has 3 rings (SSSR count). The Labute approximate surface area is 130 Å². The van der Waals surface area contributed by atoms with E-state index in [2.05, 4.69) is 0 Å². The number of nitrogens with zero attached hydrogens (tertiary/aromatic N) is 2. The highest BCUT2D eigenvalue weighted by Gasteiger charge is 2.33. The number of carboxylic acids is 1. The SMILES string of the molecule is O=C(O)c1cc2c(cc1[N+](=O)[O-])OCC(=O)N2CC1CCOC1. The van der Waals surface area contributed by atoms with Crippen molar-refractivity contribution < 1.29 is 29.1 Å². The Bertz CT molecular complexity index is 682. The highest BCUT2D eigenvalue weighted by atomic mass is 16.6. The van der Waals surface area contributed by atoms with Gasteiger partial charge in [0.2, 0.25) is 0 Å². The monoisotopic (exact) mass is 322 g/mol. The second-order valence-corrected chi connectivity index (χ2v) is 5.42. The number of hydrogen-bond donors (Lipinski definition) is 1. The topological polar surface area (TPSA) is 119 Å². The summed E-state index contributed by atoms with van der Waals surface area (Å²) in [4.78, 5) is 35.1. The molecule has 0 aromatic heterocycles. The molecule has 0 radical (unpaired) electrons. The minimum Gasteiger partial charge on any atom is -0.481 e. The smallest absolute Gasteiger partial charge is 0.342 e. The molecule has 1 atom stereocenters. The lowest BCUT2D eigenvalue weighted by Crippen LogP contribution is -2.42. The molecule has 122 valence electrons. The average Bonchev–Trinajstić information content (AvgIpc) is 3.01. The van der Waals surface area contributed by atoms with Gasteiger partial charge in [-0.3, -0.25) is 14.9 Å². The highest BCUT2D eigenvalue weighted by molar-refractivity contribution is 6.01. The van der Waals surface area contributed by atoms with E-state index in [4.69, 9.17) is 9.47 Å². The molecule has 1 aromatic carbocycles. The number of fused-ring (bicyclic) bond motifs is 1. The zero-order valence-electron chi connectivity index (χ0n) is 12.1. The van der Waals surface area contributed by atoms with Gasteiger partial charge < -0.3 is 19.5 Å². The molecule has 1 unspecified atom stereocenters. The summed E-state index contributed by atoms with van der Waals surface area (Å²) < 4.78 is 10.5. The lowest BCUT2D eigenvalue weighted by molar-refractivity contribution is -0.385. The molecule has 2 heterocycles. The second kappa shape index (κ2) is 5.84. The standard InChI is InChI=1S/C14H14N2O7/c17-13-7-23-12-4-10(16(20)21)9(14(18)19)3-11(12)15(13)5-8-1-2-22-6-8/h3-4,8H,1-2,5-7H2,(H,18,19). The van der Waals surface area contributed by atoms with Crippen LogP contribution in [0.2, 0.25) is 0 Å². The molecule has 9 heteroatoms. The lowest BCUT2D eigenvalue weighted by atomic mass is 10.1. The summed E-state index contributed by atoms with van der Waals surface area (Å²) in [7, 11) is 0. The molecule has 1 aromatic rings. The number of ether oxygens (including phenoxy) is 2. The van der Waals surface area contributed by atoms with Crippen molar-refractivity contribution in [3.63, 3.8) is 0 Å². The number of carbonyl (C=O) groups is 2. The lowest BCUT2D eigenvalue weighted by Gasteiger charge is -2.31. The number of carboxylic acid groups (broad SMARTS) is 1. The fourth-order valence-electron chi connectivity index (χ4n) is 2.74. The largest absolute Gasteiger partial charge is 0.481 e. The van der Waals surface area contributed by atoms with Gasteiger partial charge >= 0.3 is 5.97 Å². The Morgan fingerprint density at radius 3 is 2.87 bits per heavy atom. The third kappa shape index (κ3) is 2.82. The Hall–Kier alpha value is -2.68. The second-order valence-electron chi connectivity index (χ2n) is 5.42. The first-order chi connectivity index (χ1) is 11.0. The van der Waals surface area contributed by atoms with E-state index in [1.807, 2.05) is 0 Å². The number of anilines is 1. The Kier molecular flexibility index (Phi) is 3.87. The van der Waals surface area contributed by atoms with Gasteiger partial charge in [-0.25, -0.2) is 4.79 Å². The molecule has 1 fully saturated rings. The summed E-state index contributed by atoms with van der Waals surface area (Å²) >= 11 is 0. The minimum absolute atomic E-state index is 0.139. The molecular weight excluding hydrogens is 308 g/mol. The van der Waals surface area contributed by atoms with Crippen molar-refractivity contribution >= 4 is 23.3 Å². The van der Waals surface area contributed by atoms with Crippen molar-refractivity contribution in [1.82, 2.24) is 0 Å². The molecule has 23 heavy (non-hydrogen) atoms. The van der Waals surface area contributed by atoms with Crippen LogP contribution in [-0.4, -0.2) is 48.3 Å². The van der Waals surface area contributed by atoms with Crippen molar-refractivity contribution in [3.8, 4) is 5.75 Å². The maximum atomic E-state index is 12.1. The van der Waals surface area contributed by atoms with E-state index in [9.17, 15) is 24.8 Å². The van der Waals surface area contributed by atoms with Gasteiger partial charge in [-0.15, -0.1) is 0 Å². The van der Waals surface area contributed by atoms with Gasteiger partial charge in [0.15, 0.2) is 12.4 Å². The maximum Gasteiger partial charge on any atom is 0.342 e. The maximum absolute atomic E-state index is 12.1. The molecule has 2 aliphatic rings. The number of nitro benzene ring substituents is 1. The highest BCUT2D eigenvalue weighted by Crippen LogP contribution is 2.38. The van der Waals surface area contributed by atoms with Crippen LogP contribution in [0.25, 0.3) is 0 Å². The van der Waals surface area contributed by atoms with E-state index in [0.717, 1.165) is 18.6 Å². The van der Waals surface area contributed by atoms with E-state index in [1.54, 1.807) is 0 Å². The number of nitro groups is 1. The fraction of sp³-hybridized carbons (Fsp3) is 0.429. The van der Waals surface area contributed by atoms with E-state index in [-0.39, 0.29) is 29.9 Å². The zero-order chi connectivity index (χ0) is 16.6. The normalized spacial score (nSPS) is 20.1. The van der Waals surface area contributed by atoms with Gasteiger partial charge in [-0.2, -0.15) is 0 Å². The van der Waals surface area contributed by atoms with Gasteiger partial charge in [-0.05, 0) is 12.5 Å². The summed E-state index contributed by atoms with van der Waals surface area (Å²) in [5.74, 6) is -1.45. The quantitative estimate of drug-likeness (QED) is 0.650. The molecule has 2 aliphatic heterocycles. The molecule has 0 aliphatic carbocycles. The van der Waals surface area contributed by atoms with Gasteiger partial charge in [-0.1, -0.05) is 0 Å². The molecule has 0 spiro atoms. The molecule has 9 nitrogen and oxygen atoms in total. The molecule has 0 saturated carbocycles. The van der Waals surface area contributed by atoms with E-state index < -0.39 is 22.1 Å². The van der Waals surface area contributed by atoms with Crippen LogP contribution in [0.3, 0.4) is 0 Å². The van der Waals surface area contributed by atoms with Crippen LogP contribution in [0.15, 0.2) is 12.1 Å². The Balaban J connectivity index is 2.02. The van der Waals surface area contributed by atoms with Crippen LogP contribution in [0, 0.1) is 16.0 Å². The molecule has 1 amide bonds. The first-order valence-corrected chi connectivity index (χ1v) is 7.04. The number of amides is 1. The van der Waals surface area contributed by atoms with Gasteiger partial charge in [0.05, 0.1) is 23.3 Å². The third-order valence-corrected chi connectivity index (χ3v) is 3.91. The average molecular weight is 322 g/mol. The zero-order valence-corrected chi connectivity index (χ0v) is 12.1. The van der Waals surface area contributed by atoms with Gasteiger partial charge in [0, 0.05) is 19.1 Å². The summed E-state index contributed by atoms with van der Waals surface area (Å²) in [5.41, 5.74) is -0.786. The molecule has 1 saturated heterocycles. The van der Waals surface area contributed by atoms with Crippen molar-refractivity contribution in [1.29, 1.82) is 0 Å². The Morgan fingerprint density at radius 1 is 1.48 bits per heavy atom. The van der Waals surface area contributed by atoms with Crippen LogP contribution < -0.4 is 9.64 Å². The number of hydrogen-bond acceptors (Lipinski definition) is 6. The van der Waals surface area contributed by atoms with Crippen LogP contribution >= 0.6 is 0 Å². The molecule has 1 N–H and O–H groups in total. The summed E-state index contributed by atoms with van der Waals surface area (Å²) in [6.07, 6.45) is 0.804. The van der Waals surface area contributed by atoms with E-state index in [1.165, 1.54) is 4.90 Å². The van der Waals surface area contributed by atoms with Crippen LogP contribution in [0.4, 0.5) is 11.4 Å². The summed E-state index contributed by atoms with van der Waals surface area (Å²) in [6, 6.07) is 2.19. The first kappa shape index (κ1) is 15.2. The molecule has 0 bridgehead atoms. The van der Waals surface area contributed by atoms with Crippen LogP contribution in [0.1, 0.15) is 16.8 Å². The van der Waals surface area contributed by atoms with Crippen molar-refractivity contribution in [2.45, 2.75) is 6.42 Å². The van der Waals surface area contributed by atoms with Crippen molar-refractivity contribution in [2.75, 3.05) is 31.3 Å². The van der Waals surface area contributed by atoms with Crippen LogP contribution in [-0.2, 0) is 9.53 Å². The fourth-order valence-corrected chi connectivity index (χ4v) is 2.74. The number of carbonyl (C=O) groups excluding carboxylic acids is 1. The first-order valence-electron chi connectivity index (χ1n) is 7.04. The number of aromatic carboxylic acids is 1. The predicted molar refractivity (Wildman–Crippen MR) is 76.8 cm³/mol. The summed E-state index contributed by atoms with van der Waals surface area (Å²) in [6.45, 7) is 1.28. The van der Waals surface area contributed by atoms with Crippen LogP contribution in [0.5, 0.6) is 5.75 Å². The van der Waals surface area contributed by atoms with Crippen molar-refractivity contribution in [2.24, 2.45) is 5.92 Å². The van der Waals surface area contributed by atoms with E-state index in [0.29, 0.717) is 19.8 Å². The van der Waals surface area contributed by atoms with Crippen molar-refractivity contribution in [3.05, 3.63) is 27.8 Å².